The average molecular weight is 556 g/mol. The van der Waals surface area contributed by atoms with Gasteiger partial charge in [0.05, 0.1) is 31.8 Å². The maximum Gasteiger partial charge on any atom is 0.243 e. The molecule has 1 unspecified atom stereocenters. The van der Waals surface area contributed by atoms with Gasteiger partial charge in [-0.1, -0.05) is 72.8 Å². The van der Waals surface area contributed by atoms with E-state index < -0.39 is 6.04 Å². The van der Waals surface area contributed by atoms with E-state index >= 15 is 0 Å². The van der Waals surface area contributed by atoms with Crippen molar-refractivity contribution in [1.29, 1.82) is 0 Å². The van der Waals surface area contributed by atoms with Gasteiger partial charge in [-0.2, -0.15) is 0 Å². The molecule has 3 aromatic carbocycles. The van der Waals surface area contributed by atoms with Gasteiger partial charge in [0.1, 0.15) is 11.8 Å². The van der Waals surface area contributed by atoms with Crippen LogP contribution in [0.4, 0.5) is 5.69 Å². The molecule has 1 atom stereocenters. The molecular formula is C32H37N5O4. The van der Waals surface area contributed by atoms with Crippen LogP contribution in [-0.4, -0.2) is 91.4 Å². The fraction of sp³-hybridized carbons (Fsp3) is 0.344. The van der Waals surface area contributed by atoms with E-state index in [1.54, 1.807) is 23.1 Å². The molecule has 5 rings (SSSR count). The van der Waals surface area contributed by atoms with Gasteiger partial charge in [0.25, 0.3) is 0 Å². The normalized spacial score (nSPS) is 18.1. The van der Waals surface area contributed by atoms with E-state index in [2.05, 4.69) is 69.0 Å². The maximum absolute atomic E-state index is 13.5. The Morgan fingerprint density at radius 1 is 0.878 bits per heavy atom. The summed E-state index contributed by atoms with van der Waals surface area (Å²) >= 11 is 0. The molecule has 3 aromatic rings. The maximum atomic E-state index is 13.5. The predicted molar refractivity (Wildman–Crippen MR) is 157 cm³/mol. The molecule has 2 heterocycles. The van der Waals surface area contributed by atoms with Crippen molar-refractivity contribution in [2.75, 3.05) is 58.2 Å². The van der Waals surface area contributed by atoms with Gasteiger partial charge < -0.3 is 20.3 Å². The molecule has 0 bridgehead atoms. The Kier molecular flexibility index (Phi) is 9.28. The molecule has 9 nitrogen and oxygen atoms in total. The van der Waals surface area contributed by atoms with Crippen molar-refractivity contribution in [2.24, 2.45) is 0 Å². The standard InChI is InChI=1S/C32H37N5O4/c1-41-28-15-9-8-14-26(28)34-29(38)22-27-32(40)33-16-17-37(27)30(39)23-35-18-20-36(21-19-35)31(24-10-4-2-5-11-24)25-12-6-3-7-13-25/h2-15,27,31H,16-23H2,1H3,(H,33,40)(H,34,38). The van der Waals surface area contributed by atoms with Gasteiger partial charge in [-0.05, 0) is 23.3 Å². The van der Waals surface area contributed by atoms with Gasteiger partial charge in [-0.25, -0.2) is 0 Å². The summed E-state index contributed by atoms with van der Waals surface area (Å²) in [4.78, 5) is 45.3. The fourth-order valence-corrected chi connectivity index (χ4v) is 5.69. The zero-order valence-corrected chi connectivity index (χ0v) is 23.4. The monoisotopic (exact) mass is 555 g/mol. The Bertz CT molecular complexity index is 1290. The highest BCUT2D eigenvalue weighted by Crippen LogP contribution is 2.29. The Labute approximate surface area is 241 Å². The van der Waals surface area contributed by atoms with Crippen LogP contribution in [0.5, 0.6) is 5.75 Å². The summed E-state index contributed by atoms with van der Waals surface area (Å²) in [5, 5.41) is 5.62. The summed E-state index contributed by atoms with van der Waals surface area (Å²) < 4.78 is 5.31. The lowest BCUT2D eigenvalue weighted by Crippen LogP contribution is -2.60. The SMILES string of the molecule is COc1ccccc1NC(=O)CC1C(=O)NCCN1C(=O)CN1CCN(C(c2ccccc2)c2ccccc2)CC1. The number of methoxy groups -OCH3 is 1. The van der Waals surface area contributed by atoms with Gasteiger partial charge >= 0.3 is 0 Å². The third-order valence-corrected chi connectivity index (χ3v) is 7.77. The Hall–Kier alpha value is -4.21. The summed E-state index contributed by atoms with van der Waals surface area (Å²) in [6, 6.07) is 27.4. The quantitative estimate of drug-likeness (QED) is 0.422. The molecule has 0 spiro atoms. The van der Waals surface area contributed by atoms with E-state index in [9.17, 15) is 14.4 Å². The molecule has 2 N–H and O–H groups in total. The van der Waals surface area contributed by atoms with Crippen LogP contribution in [0.2, 0.25) is 0 Å². The number of hydrogen-bond donors (Lipinski definition) is 2. The molecule has 0 aromatic heterocycles. The first kappa shape index (κ1) is 28.3. The largest absolute Gasteiger partial charge is 0.495 e. The molecule has 3 amide bonds. The number of amides is 3. The number of nitrogens with zero attached hydrogens (tertiary/aromatic N) is 3. The third-order valence-electron chi connectivity index (χ3n) is 7.77. The van der Waals surface area contributed by atoms with Gasteiger partial charge in [-0.15, -0.1) is 0 Å². The number of benzene rings is 3. The fourth-order valence-electron chi connectivity index (χ4n) is 5.69. The van der Waals surface area contributed by atoms with Crippen LogP contribution < -0.4 is 15.4 Å². The van der Waals surface area contributed by atoms with Gasteiger partial charge in [-0.3, -0.25) is 24.2 Å². The van der Waals surface area contributed by atoms with Gasteiger partial charge in [0.2, 0.25) is 17.7 Å². The number of rotatable bonds is 9. The summed E-state index contributed by atoms with van der Waals surface area (Å²) in [7, 11) is 1.53. The van der Waals surface area contributed by atoms with E-state index in [1.165, 1.54) is 18.2 Å². The van der Waals surface area contributed by atoms with Gasteiger partial charge in [0, 0.05) is 39.3 Å². The Balaban J connectivity index is 1.20. The smallest absolute Gasteiger partial charge is 0.243 e. The van der Waals surface area contributed by atoms with Crippen molar-refractivity contribution < 1.29 is 19.1 Å². The van der Waals surface area contributed by atoms with Crippen LogP contribution in [0.15, 0.2) is 84.9 Å². The van der Waals surface area contributed by atoms with Crippen molar-refractivity contribution >= 4 is 23.4 Å². The molecule has 0 saturated carbocycles. The lowest BCUT2D eigenvalue weighted by atomic mass is 9.96. The average Bonchev–Trinajstić information content (AvgIpc) is 3.00. The van der Waals surface area contributed by atoms with Gasteiger partial charge in [0.15, 0.2) is 0 Å². The highest BCUT2D eigenvalue weighted by atomic mass is 16.5. The highest BCUT2D eigenvalue weighted by molar-refractivity contribution is 5.98. The number of hydrogen-bond acceptors (Lipinski definition) is 6. The summed E-state index contributed by atoms with van der Waals surface area (Å²) in [5.74, 6) is -0.261. The van der Waals surface area contributed by atoms with Crippen molar-refractivity contribution in [3.63, 3.8) is 0 Å². The topological polar surface area (TPSA) is 94.2 Å². The third kappa shape index (κ3) is 6.93. The zero-order chi connectivity index (χ0) is 28.6. The molecule has 0 aliphatic carbocycles. The zero-order valence-electron chi connectivity index (χ0n) is 23.4. The molecule has 2 saturated heterocycles. The molecular weight excluding hydrogens is 518 g/mol. The molecule has 214 valence electrons. The molecule has 0 radical (unpaired) electrons. The van der Waals surface area contributed by atoms with E-state index in [1.807, 2.05) is 18.2 Å². The van der Waals surface area contributed by atoms with Crippen LogP contribution >= 0.6 is 0 Å². The Morgan fingerprint density at radius 2 is 1.49 bits per heavy atom. The first-order valence-electron chi connectivity index (χ1n) is 14.1. The number of nitrogens with one attached hydrogen (secondary N) is 2. The van der Waals surface area contributed by atoms with Crippen LogP contribution in [0.3, 0.4) is 0 Å². The first-order chi connectivity index (χ1) is 20.0. The summed E-state index contributed by atoms with van der Waals surface area (Å²) in [6.45, 7) is 4.06. The lowest BCUT2D eigenvalue weighted by molar-refractivity contribution is -0.145. The van der Waals surface area contributed by atoms with Crippen LogP contribution in [-0.2, 0) is 14.4 Å². The minimum atomic E-state index is -0.854. The second-order valence-electron chi connectivity index (χ2n) is 10.4. The van der Waals surface area contributed by atoms with Crippen LogP contribution in [0, 0.1) is 0 Å². The highest BCUT2D eigenvalue weighted by Gasteiger charge is 2.36. The first-order valence-corrected chi connectivity index (χ1v) is 14.1. The molecule has 2 aliphatic rings. The molecule has 2 aliphatic heterocycles. The van der Waals surface area contributed by atoms with E-state index in [-0.39, 0.29) is 36.7 Å². The second kappa shape index (κ2) is 13.4. The Morgan fingerprint density at radius 3 is 2.12 bits per heavy atom. The number of ether oxygens (including phenoxy) is 1. The van der Waals surface area contributed by atoms with Crippen molar-refractivity contribution in [3.05, 3.63) is 96.1 Å². The van der Waals surface area contributed by atoms with Crippen molar-refractivity contribution in [2.45, 2.75) is 18.5 Å². The van der Waals surface area contributed by atoms with Crippen molar-refractivity contribution in [1.82, 2.24) is 20.0 Å². The minimum Gasteiger partial charge on any atom is -0.495 e. The summed E-state index contributed by atoms with van der Waals surface area (Å²) in [5.41, 5.74) is 3.02. The predicted octanol–water partition coefficient (Wildman–Crippen LogP) is 2.76. The number of carbonyl (C=O) groups is 3. The van der Waals surface area contributed by atoms with Crippen LogP contribution in [0.1, 0.15) is 23.6 Å². The lowest BCUT2D eigenvalue weighted by Gasteiger charge is -2.41. The van der Waals surface area contributed by atoms with Crippen molar-refractivity contribution in [3.8, 4) is 5.75 Å². The second-order valence-corrected chi connectivity index (χ2v) is 10.4. The molecule has 9 heteroatoms. The summed E-state index contributed by atoms with van der Waals surface area (Å²) in [6.07, 6.45) is -0.126. The minimum absolute atomic E-state index is 0.126. The molecule has 41 heavy (non-hydrogen) atoms. The number of carbonyl (C=O) groups excluding carboxylic acids is 3. The van der Waals surface area contributed by atoms with E-state index in [0.29, 0.717) is 24.5 Å². The number of piperazine rings is 2. The van der Waals surface area contributed by atoms with Crippen LogP contribution in [0.25, 0.3) is 0 Å². The molecule has 2 fully saturated rings. The van der Waals surface area contributed by atoms with E-state index in [0.717, 1.165) is 26.2 Å². The van der Waals surface area contributed by atoms with E-state index in [4.69, 9.17) is 4.74 Å². The number of anilines is 1. The number of para-hydroxylation sites is 2.